The highest BCUT2D eigenvalue weighted by Crippen LogP contribution is 2.16. The number of nitrogens with one attached hydrogen (secondary N) is 1. The molecule has 1 N–H and O–H groups in total. The highest BCUT2D eigenvalue weighted by molar-refractivity contribution is 5.58. The van der Waals surface area contributed by atoms with Crippen LogP contribution in [0.1, 0.15) is 25.2 Å². The molecule has 3 heteroatoms. The van der Waals surface area contributed by atoms with Gasteiger partial charge in [-0.25, -0.2) is 4.98 Å². The van der Waals surface area contributed by atoms with Crippen molar-refractivity contribution in [3.63, 3.8) is 0 Å². The van der Waals surface area contributed by atoms with E-state index in [0.29, 0.717) is 0 Å². The van der Waals surface area contributed by atoms with E-state index < -0.39 is 0 Å². The summed E-state index contributed by atoms with van der Waals surface area (Å²) < 4.78 is 0. The maximum atomic E-state index is 11.5. The molecule has 1 aromatic heterocycles. The lowest BCUT2D eigenvalue weighted by Gasteiger charge is -2.04. The van der Waals surface area contributed by atoms with E-state index in [1.807, 2.05) is 19.1 Å². The molecule has 0 unspecified atom stereocenters. The lowest BCUT2D eigenvalue weighted by atomic mass is 10.1. The van der Waals surface area contributed by atoms with E-state index in [0.717, 1.165) is 29.9 Å². The van der Waals surface area contributed by atoms with Crippen molar-refractivity contribution in [2.24, 2.45) is 0 Å². The Bertz CT molecular complexity index is 555. The van der Waals surface area contributed by atoms with Crippen molar-refractivity contribution in [3.05, 3.63) is 52.1 Å². The molecule has 0 aliphatic rings. The summed E-state index contributed by atoms with van der Waals surface area (Å²) in [5.74, 6) is 0.729. The number of nitrogens with zero attached hydrogens (tertiary/aromatic N) is 1. The highest BCUT2D eigenvalue weighted by Gasteiger charge is 2.02. The molecular weight excluding hydrogens is 212 g/mol. The zero-order valence-electron chi connectivity index (χ0n) is 10.2. The third kappa shape index (κ3) is 2.61. The topological polar surface area (TPSA) is 45.8 Å². The van der Waals surface area contributed by atoms with Crippen molar-refractivity contribution in [2.75, 3.05) is 0 Å². The summed E-state index contributed by atoms with van der Waals surface area (Å²) in [6.07, 6.45) is 1.75. The summed E-state index contributed by atoms with van der Waals surface area (Å²) in [6.45, 7) is 4.10. The Labute approximate surface area is 101 Å². The molecule has 0 radical (unpaired) electrons. The first-order valence-corrected chi connectivity index (χ1v) is 5.92. The molecule has 2 aromatic rings. The average Bonchev–Trinajstić information content (AvgIpc) is 2.38. The first kappa shape index (κ1) is 11.6. The third-order valence-electron chi connectivity index (χ3n) is 2.78. The summed E-state index contributed by atoms with van der Waals surface area (Å²) in [5.41, 5.74) is 2.93. The molecule has 0 atom stereocenters. The van der Waals surface area contributed by atoms with Crippen molar-refractivity contribution in [1.82, 2.24) is 9.97 Å². The van der Waals surface area contributed by atoms with Gasteiger partial charge in [0.15, 0.2) is 0 Å². The van der Waals surface area contributed by atoms with Crippen LogP contribution in [0.4, 0.5) is 0 Å². The van der Waals surface area contributed by atoms with Crippen LogP contribution in [0.5, 0.6) is 0 Å². The van der Waals surface area contributed by atoms with Crippen molar-refractivity contribution >= 4 is 0 Å². The number of H-pyrrole nitrogens is 1. The predicted molar refractivity (Wildman–Crippen MR) is 69.0 cm³/mol. The maximum absolute atomic E-state index is 11.5. The van der Waals surface area contributed by atoms with E-state index in [-0.39, 0.29) is 5.56 Å². The van der Waals surface area contributed by atoms with E-state index in [9.17, 15) is 4.79 Å². The molecule has 0 aliphatic heterocycles. The standard InChI is InChI=1S/C14H16N2O/c1-3-10-5-7-11(8-6-10)12-9-14(17)16-13(4-2)15-12/h5-9H,3-4H2,1-2H3,(H,15,16,17). The SMILES string of the molecule is CCc1ccc(-c2cc(=O)[nH]c(CC)n2)cc1. The molecule has 0 aliphatic carbocycles. The summed E-state index contributed by atoms with van der Waals surface area (Å²) in [7, 11) is 0. The normalized spacial score (nSPS) is 10.5. The fourth-order valence-corrected chi connectivity index (χ4v) is 1.73. The van der Waals surface area contributed by atoms with Gasteiger partial charge in [-0.2, -0.15) is 0 Å². The largest absolute Gasteiger partial charge is 0.311 e. The number of hydrogen-bond acceptors (Lipinski definition) is 2. The average molecular weight is 228 g/mol. The second-order valence-corrected chi connectivity index (χ2v) is 3.98. The van der Waals surface area contributed by atoms with Gasteiger partial charge in [-0.05, 0) is 12.0 Å². The van der Waals surface area contributed by atoms with E-state index >= 15 is 0 Å². The van der Waals surface area contributed by atoms with Crippen LogP contribution < -0.4 is 5.56 Å². The number of rotatable bonds is 3. The molecule has 0 saturated heterocycles. The Morgan fingerprint density at radius 1 is 1.12 bits per heavy atom. The zero-order chi connectivity index (χ0) is 12.3. The number of aromatic nitrogens is 2. The van der Waals surface area contributed by atoms with Gasteiger partial charge in [-0.1, -0.05) is 38.1 Å². The molecule has 88 valence electrons. The molecule has 1 aromatic carbocycles. The van der Waals surface area contributed by atoms with Gasteiger partial charge in [-0.3, -0.25) is 4.79 Å². The number of hydrogen-bond donors (Lipinski definition) is 1. The molecule has 0 fully saturated rings. The van der Waals surface area contributed by atoms with Crippen LogP contribution in [-0.2, 0) is 12.8 Å². The van der Waals surface area contributed by atoms with Gasteiger partial charge < -0.3 is 4.98 Å². The third-order valence-corrected chi connectivity index (χ3v) is 2.78. The quantitative estimate of drug-likeness (QED) is 0.877. The summed E-state index contributed by atoms with van der Waals surface area (Å²) in [6, 6.07) is 9.72. The van der Waals surface area contributed by atoms with Crippen LogP contribution in [0.25, 0.3) is 11.3 Å². The molecule has 1 heterocycles. The molecule has 2 rings (SSSR count). The van der Waals surface area contributed by atoms with Crippen molar-refractivity contribution in [3.8, 4) is 11.3 Å². The lowest BCUT2D eigenvalue weighted by Crippen LogP contribution is -2.10. The van der Waals surface area contributed by atoms with E-state index in [1.165, 1.54) is 5.56 Å². The monoisotopic (exact) mass is 228 g/mol. The minimum Gasteiger partial charge on any atom is -0.311 e. The maximum Gasteiger partial charge on any atom is 0.251 e. The molecule has 0 saturated carbocycles. The van der Waals surface area contributed by atoms with Crippen LogP contribution >= 0.6 is 0 Å². The van der Waals surface area contributed by atoms with Gasteiger partial charge in [-0.15, -0.1) is 0 Å². The second kappa shape index (κ2) is 4.95. The molecule has 0 amide bonds. The number of aryl methyl sites for hydroxylation is 2. The minimum absolute atomic E-state index is 0.0913. The Hall–Kier alpha value is -1.90. The lowest BCUT2D eigenvalue weighted by molar-refractivity contribution is 0.924. The van der Waals surface area contributed by atoms with Gasteiger partial charge >= 0.3 is 0 Å². The summed E-state index contributed by atoms with van der Waals surface area (Å²) in [4.78, 5) is 18.6. The Morgan fingerprint density at radius 2 is 1.82 bits per heavy atom. The predicted octanol–water partition coefficient (Wildman–Crippen LogP) is 2.56. The highest BCUT2D eigenvalue weighted by atomic mass is 16.1. The number of benzene rings is 1. The second-order valence-electron chi connectivity index (χ2n) is 3.98. The summed E-state index contributed by atoms with van der Waals surface area (Å²) >= 11 is 0. The van der Waals surface area contributed by atoms with Crippen molar-refractivity contribution in [2.45, 2.75) is 26.7 Å². The Balaban J connectivity index is 2.44. The van der Waals surface area contributed by atoms with Crippen LogP contribution in [0.15, 0.2) is 35.1 Å². The van der Waals surface area contributed by atoms with Gasteiger partial charge in [0.05, 0.1) is 5.69 Å². The van der Waals surface area contributed by atoms with Crippen molar-refractivity contribution < 1.29 is 0 Å². The molecular formula is C14H16N2O. The Morgan fingerprint density at radius 3 is 2.41 bits per heavy atom. The number of aromatic amines is 1. The van der Waals surface area contributed by atoms with Crippen LogP contribution in [0.2, 0.25) is 0 Å². The van der Waals surface area contributed by atoms with E-state index in [2.05, 4.69) is 29.0 Å². The molecule has 17 heavy (non-hydrogen) atoms. The van der Waals surface area contributed by atoms with E-state index in [1.54, 1.807) is 6.07 Å². The van der Waals surface area contributed by atoms with Crippen LogP contribution in [0, 0.1) is 0 Å². The van der Waals surface area contributed by atoms with Gasteiger partial charge in [0.25, 0.3) is 5.56 Å². The molecule has 0 bridgehead atoms. The Kier molecular flexibility index (Phi) is 3.38. The van der Waals surface area contributed by atoms with Crippen LogP contribution in [0.3, 0.4) is 0 Å². The van der Waals surface area contributed by atoms with Crippen LogP contribution in [-0.4, -0.2) is 9.97 Å². The molecule has 3 nitrogen and oxygen atoms in total. The fraction of sp³-hybridized carbons (Fsp3) is 0.286. The summed E-state index contributed by atoms with van der Waals surface area (Å²) in [5, 5.41) is 0. The van der Waals surface area contributed by atoms with Crippen molar-refractivity contribution in [1.29, 1.82) is 0 Å². The van der Waals surface area contributed by atoms with E-state index in [4.69, 9.17) is 0 Å². The fourth-order valence-electron chi connectivity index (χ4n) is 1.73. The van der Waals surface area contributed by atoms with Gasteiger partial charge in [0, 0.05) is 18.1 Å². The first-order valence-electron chi connectivity index (χ1n) is 5.92. The first-order chi connectivity index (χ1) is 8.22. The van der Waals surface area contributed by atoms with Gasteiger partial charge in [0.2, 0.25) is 0 Å². The van der Waals surface area contributed by atoms with Gasteiger partial charge in [0.1, 0.15) is 5.82 Å². The molecule has 0 spiro atoms. The zero-order valence-corrected chi connectivity index (χ0v) is 10.2. The minimum atomic E-state index is -0.0913. The smallest absolute Gasteiger partial charge is 0.251 e.